The van der Waals surface area contributed by atoms with Gasteiger partial charge in [-0.15, -0.1) is 5.10 Å². The second-order valence-electron chi connectivity index (χ2n) is 5.74. The first kappa shape index (κ1) is 16.1. The molecule has 1 heterocycles. The van der Waals surface area contributed by atoms with Gasteiger partial charge in [0.2, 0.25) is 0 Å². The van der Waals surface area contributed by atoms with E-state index in [0.29, 0.717) is 0 Å². The SMILES string of the molecule is CNCc1ccc(N(Cc2ccccc2)Cc2ccccc2)nn1. The average molecular weight is 318 g/mol. The topological polar surface area (TPSA) is 41.0 Å². The van der Waals surface area contributed by atoms with E-state index in [4.69, 9.17) is 0 Å². The number of rotatable bonds is 7. The number of benzene rings is 2. The Balaban J connectivity index is 1.83. The van der Waals surface area contributed by atoms with Crippen LogP contribution in [0.2, 0.25) is 0 Å². The van der Waals surface area contributed by atoms with Crippen LogP contribution in [0, 0.1) is 0 Å². The Labute approximate surface area is 143 Å². The first-order valence-electron chi connectivity index (χ1n) is 8.15. The molecule has 0 aliphatic heterocycles. The highest BCUT2D eigenvalue weighted by Crippen LogP contribution is 2.17. The molecule has 24 heavy (non-hydrogen) atoms. The van der Waals surface area contributed by atoms with Crippen molar-refractivity contribution in [3.8, 4) is 0 Å². The largest absolute Gasteiger partial charge is 0.346 e. The Morgan fingerprint density at radius 3 is 1.79 bits per heavy atom. The van der Waals surface area contributed by atoms with Gasteiger partial charge in [0.05, 0.1) is 5.69 Å². The highest BCUT2D eigenvalue weighted by Gasteiger charge is 2.10. The second kappa shape index (κ2) is 8.22. The molecule has 1 N–H and O–H groups in total. The van der Waals surface area contributed by atoms with E-state index in [1.165, 1.54) is 11.1 Å². The third kappa shape index (κ3) is 4.40. The lowest BCUT2D eigenvalue weighted by Crippen LogP contribution is -2.23. The van der Waals surface area contributed by atoms with Gasteiger partial charge in [0.25, 0.3) is 0 Å². The van der Waals surface area contributed by atoms with Gasteiger partial charge in [-0.05, 0) is 30.3 Å². The normalized spacial score (nSPS) is 10.5. The van der Waals surface area contributed by atoms with Crippen LogP contribution in [0.4, 0.5) is 5.82 Å². The third-order valence-corrected chi connectivity index (χ3v) is 3.82. The quantitative estimate of drug-likeness (QED) is 0.725. The van der Waals surface area contributed by atoms with Crippen LogP contribution < -0.4 is 10.2 Å². The summed E-state index contributed by atoms with van der Waals surface area (Å²) in [5, 5.41) is 11.8. The first-order valence-corrected chi connectivity index (χ1v) is 8.15. The van der Waals surface area contributed by atoms with Crippen LogP contribution >= 0.6 is 0 Å². The molecule has 0 amide bonds. The number of aromatic nitrogens is 2. The van der Waals surface area contributed by atoms with Crippen molar-refractivity contribution in [2.75, 3.05) is 11.9 Å². The minimum absolute atomic E-state index is 0.727. The summed E-state index contributed by atoms with van der Waals surface area (Å²) in [6.45, 7) is 2.33. The maximum absolute atomic E-state index is 4.43. The molecule has 0 aliphatic rings. The van der Waals surface area contributed by atoms with Crippen LogP contribution in [-0.2, 0) is 19.6 Å². The van der Waals surface area contributed by atoms with Gasteiger partial charge < -0.3 is 10.2 Å². The summed E-state index contributed by atoms with van der Waals surface area (Å²) < 4.78 is 0. The van der Waals surface area contributed by atoms with Crippen molar-refractivity contribution in [3.05, 3.63) is 89.6 Å². The van der Waals surface area contributed by atoms with Crippen molar-refractivity contribution >= 4 is 5.82 Å². The summed E-state index contributed by atoms with van der Waals surface area (Å²) in [7, 11) is 1.91. The summed E-state index contributed by atoms with van der Waals surface area (Å²) in [5.41, 5.74) is 3.46. The molecule has 0 atom stereocenters. The van der Waals surface area contributed by atoms with Crippen LogP contribution in [-0.4, -0.2) is 17.2 Å². The second-order valence-corrected chi connectivity index (χ2v) is 5.74. The number of nitrogens with one attached hydrogen (secondary N) is 1. The molecule has 1 aromatic heterocycles. The zero-order valence-electron chi connectivity index (χ0n) is 13.9. The van der Waals surface area contributed by atoms with Crippen LogP contribution in [0.25, 0.3) is 0 Å². The molecule has 122 valence electrons. The lowest BCUT2D eigenvalue weighted by Gasteiger charge is -2.23. The van der Waals surface area contributed by atoms with Crippen molar-refractivity contribution in [3.63, 3.8) is 0 Å². The van der Waals surface area contributed by atoms with Crippen molar-refractivity contribution in [1.82, 2.24) is 15.5 Å². The fourth-order valence-electron chi connectivity index (χ4n) is 2.62. The maximum Gasteiger partial charge on any atom is 0.151 e. The zero-order chi connectivity index (χ0) is 16.6. The van der Waals surface area contributed by atoms with Gasteiger partial charge in [0.1, 0.15) is 0 Å². The van der Waals surface area contributed by atoms with E-state index in [9.17, 15) is 0 Å². The Morgan fingerprint density at radius 1 is 0.750 bits per heavy atom. The molecule has 4 heteroatoms. The van der Waals surface area contributed by atoms with Gasteiger partial charge in [-0.25, -0.2) is 0 Å². The number of anilines is 1. The Hall–Kier alpha value is -2.72. The molecule has 0 saturated heterocycles. The average Bonchev–Trinajstić information content (AvgIpc) is 2.64. The molecule has 0 spiro atoms. The summed E-state index contributed by atoms with van der Waals surface area (Å²) >= 11 is 0. The molecule has 0 radical (unpaired) electrons. The van der Waals surface area contributed by atoms with Crippen molar-refractivity contribution < 1.29 is 0 Å². The van der Waals surface area contributed by atoms with Gasteiger partial charge in [0, 0.05) is 19.6 Å². The van der Waals surface area contributed by atoms with E-state index in [1.807, 2.05) is 31.3 Å². The Bertz CT molecular complexity index is 685. The first-order chi connectivity index (χ1) is 11.8. The lowest BCUT2D eigenvalue weighted by atomic mass is 10.1. The third-order valence-electron chi connectivity index (χ3n) is 3.82. The van der Waals surface area contributed by atoms with Crippen LogP contribution in [0.15, 0.2) is 72.8 Å². The van der Waals surface area contributed by atoms with Gasteiger partial charge in [-0.1, -0.05) is 60.7 Å². The highest BCUT2D eigenvalue weighted by molar-refractivity contribution is 5.40. The molecule has 0 fully saturated rings. The van der Waals surface area contributed by atoms with Gasteiger partial charge in [-0.2, -0.15) is 5.10 Å². The molecule has 0 aliphatic carbocycles. The summed E-state index contributed by atoms with van der Waals surface area (Å²) in [4.78, 5) is 2.25. The number of hydrogen-bond acceptors (Lipinski definition) is 4. The molecular weight excluding hydrogens is 296 g/mol. The fraction of sp³-hybridized carbons (Fsp3) is 0.200. The Kier molecular flexibility index (Phi) is 5.53. The summed E-state index contributed by atoms with van der Waals surface area (Å²) in [6.07, 6.45) is 0. The van der Waals surface area contributed by atoms with Crippen LogP contribution in [0.1, 0.15) is 16.8 Å². The predicted octanol–water partition coefficient (Wildman–Crippen LogP) is 3.40. The van der Waals surface area contributed by atoms with E-state index in [2.05, 4.69) is 68.9 Å². The van der Waals surface area contributed by atoms with E-state index < -0.39 is 0 Å². The van der Waals surface area contributed by atoms with Gasteiger partial charge in [-0.3, -0.25) is 0 Å². The smallest absolute Gasteiger partial charge is 0.151 e. The van der Waals surface area contributed by atoms with Crippen molar-refractivity contribution in [2.45, 2.75) is 19.6 Å². The highest BCUT2D eigenvalue weighted by atomic mass is 15.3. The summed E-state index contributed by atoms with van der Waals surface area (Å²) in [6, 6.07) is 25.0. The van der Waals surface area contributed by atoms with Gasteiger partial charge in [0.15, 0.2) is 5.82 Å². The molecule has 0 bridgehead atoms. The molecule has 0 saturated carbocycles. The summed E-state index contributed by atoms with van der Waals surface area (Å²) in [5.74, 6) is 0.891. The fourth-order valence-corrected chi connectivity index (χ4v) is 2.62. The zero-order valence-corrected chi connectivity index (χ0v) is 13.9. The van der Waals surface area contributed by atoms with E-state index >= 15 is 0 Å². The van der Waals surface area contributed by atoms with E-state index in [1.54, 1.807) is 0 Å². The molecule has 3 rings (SSSR count). The van der Waals surface area contributed by atoms with Crippen LogP contribution in [0.5, 0.6) is 0 Å². The maximum atomic E-state index is 4.43. The molecule has 2 aromatic carbocycles. The number of nitrogens with zero attached hydrogens (tertiary/aromatic N) is 3. The van der Waals surface area contributed by atoms with E-state index in [0.717, 1.165) is 31.1 Å². The molecule has 0 unspecified atom stereocenters. The minimum atomic E-state index is 0.727. The van der Waals surface area contributed by atoms with E-state index in [-0.39, 0.29) is 0 Å². The predicted molar refractivity (Wildman–Crippen MR) is 97.6 cm³/mol. The molecule has 3 aromatic rings. The molecule has 4 nitrogen and oxygen atoms in total. The monoisotopic (exact) mass is 318 g/mol. The van der Waals surface area contributed by atoms with Gasteiger partial charge >= 0.3 is 0 Å². The van der Waals surface area contributed by atoms with Crippen LogP contribution in [0.3, 0.4) is 0 Å². The minimum Gasteiger partial charge on any atom is -0.346 e. The van der Waals surface area contributed by atoms with Crippen molar-refractivity contribution in [2.24, 2.45) is 0 Å². The number of hydrogen-bond donors (Lipinski definition) is 1. The molecular formula is C20H22N4. The van der Waals surface area contributed by atoms with Crippen molar-refractivity contribution in [1.29, 1.82) is 0 Å². The Morgan fingerprint density at radius 2 is 1.33 bits per heavy atom. The standard InChI is InChI=1S/C20H22N4/c1-21-14-19-12-13-20(23-22-19)24(15-17-8-4-2-5-9-17)16-18-10-6-3-7-11-18/h2-13,21H,14-16H2,1H3. The lowest BCUT2D eigenvalue weighted by molar-refractivity contribution is 0.737.